The van der Waals surface area contributed by atoms with Crippen LogP contribution in [0.2, 0.25) is 0 Å². The summed E-state index contributed by atoms with van der Waals surface area (Å²) in [5.74, 6) is 0.885. The Hall–Kier alpha value is -0.300. The van der Waals surface area contributed by atoms with Crippen molar-refractivity contribution in [3.63, 3.8) is 0 Å². The van der Waals surface area contributed by atoms with Gasteiger partial charge in [-0.1, -0.05) is 6.92 Å². The molecule has 1 aromatic rings. The number of thiophene rings is 1. The minimum atomic E-state index is 0.885. The molecule has 0 N–H and O–H groups in total. The summed E-state index contributed by atoms with van der Waals surface area (Å²) in [4.78, 5) is 1.66. The lowest BCUT2D eigenvalue weighted by Gasteiger charge is -2.06. The van der Waals surface area contributed by atoms with E-state index in [1.54, 1.807) is 10.4 Å². The minimum Gasteiger partial charge on any atom is -0.148 e. The van der Waals surface area contributed by atoms with Crippen molar-refractivity contribution in [3.8, 4) is 0 Å². The third-order valence-corrected chi connectivity index (χ3v) is 3.90. The van der Waals surface area contributed by atoms with E-state index in [0.29, 0.717) is 0 Å². The Labute approximate surface area is 72.3 Å². The lowest BCUT2D eigenvalue weighted by Crippen LogP contribution is -1.90. The highest BCUT2D eigenvalue weighted by Gasteiger charge is 2.23. The van der Waals surface area contributed by atoms with Gasteiger partial charge in [-0.05, 0) is 48.6 Å². The van der Waals surface area contributed by atoms with Gasteiger partial charge in [0.25, 0.3) is 0 Å². The first-order valence-electron chi connectivity index (χ1n) is 4.39. The average Bonchev–Trinajstić information content (AvgIpc) is 2.54. The largest absolute Gasteiger partial charge is 0.148 e. The molecule has 0 nitrogen and oxygen atoms in total. The molecule has 0 bridgehead atoms. The van der Waals surface area contributed by atoms with Crippen LogP contribution in [0.1, 0.15) is 41.7 Å². The van der Waals surface area contributed by atoms with E-state index in [2.05, 4.69) is 19.2 Å². The van der Waals surface area contributed by atoms with Crippen molar-refractivity contribution in [1.82, 2.24) is 0 Å². The van der Waals surface area contributed by atoms with E-state index in [1.165, 1.54) is 24.8 Å². The molecular weight excluding hydrogens is 152 g/mol. The molecule has 0 aromatic carbocycles. The summed E-state index contributed by atoms with van der Waals surface area (Å²) < 4.78 is 0. The van der Waals surface area contributed by atoms with Crippen LogP contribution in [-0.2, 0) is 6.42 Å². The molecule has 0 spiro atoms. The van der Waals surface area contributed by atoms with E-state index in [-0.39, 0.29) is 0 Å². The van der Waals surface area contributed by atoms with E-state index < -0.39 is 0 Å². The summed E-state index contributed by atoms with van der Waals surface area (Å²) in [5, 5.41) is 2.31. The van der Waals surface area contributed by atoms with E-state index in [1.807, 2.05) is 11.3 Å². The van der Waals surface area contributed by atoms with Crippen molar-refractivity contribution in [2.45, 2.75) is 39.0 Å². The zero-order valence-electron chi connectivity index (χ0n) is 7.18. The van der Waals surface area contributed by atoms with Crippen molar-refractivity contribution in [2.75, 3.05) is 0 Å². The van der Waals surface area contributed by atoms with Gasteiger partial charge in [-0.2, -0.15) is 0 Å². The molecule has 1 unspecified atom stereocenters. The molecule has 11 heavy (non-hydrogen) atoms. The van der Waals surface area contributed by atoms with E-state index in [0.717, 1.165) is 5.92 Å². The van der Waals surface area contributed by atoms with E-state index >= 15 is 0 Å². The molecular formula is C10H14S. The van der Waals surface area contributed by atoms with Crippen molar-refractivity contribution in [1.29, 1.82) is 0 Å². The smallest absolute Gasteiger partial charge is 0.00829 e. The molecule has 0 amide bonds. The van der Waals surface area contributed by atoms with Gasteiger partial charge in [0.15, 0.2) is 0 Å². The highest BCUT2D eigenvalue weighted by Crippen LogP contribution is 2.40. The number of rotatable bonds is 1. The van der Waals surface area contributed by atoms with Gasteiger partial charge in [0.1, 0.15) is 0 Å². The Morgan fingerprint density at radius 1 is 1.64 bits per heavy atom. The van der Waals surface area contributed by atoms with Crippen molar-refractivity contribution >= 4 is 11.3 Å². The summed E-state index contributed by atoms with van der Waals surface area (Å²) in [6.45, 7) is 4.56. The van der Waals surface area contributed by atoms with Crippen LogP contribution in [0.3, 0.4) is 0 Å². The Morgan fingerprint density at radius 2 is 2.45 bits per heavy atom. The Morgan fingerprint density at radius 3 is 3.18 bits per heavy atom. The van der Waals surface area contributed by atoms with Gasteiger partial charge >= 0.3 is 0 Å². The molecule has 1 heteroatoms. The molecule has 1 aliphatic carbocycles. The molecule has 1 aliphatic rings. The normalized spacial score (nSPS) is 22.2. The fourth-order valence-corrected chi connectivity index (χ4v) is 3.24. The molecule has 0 aliphatic heterocycles. The first-order chi connectivity index (χ1) is 5.33. The maximum atomic E-state index is 2.31. The lowest BCUT2D eigenvalue weighted by atomic mass is 9.98. The SMILES string of the molecule is CCC1CCc2scc(C)c21. The van der Waals surface area contributed by atoms with Crippen LogP contribution in [0, 0.1) is 6.92 Å². The molecule has 0 saturated heterocycles. The van der Waals surface area contributed by atoms with Crippen LogP contribution in [-0.4, -0.2) is 0 Å². The third-order valence-electron chi connectivity index (χ3n) is 2.72. The second kappa shape index (κ2) is 2.63. The predicted molar refractivity (Wildman–Crippen MR) is 50.4 cm³/mol. The zero-order valence-corrected chi connectivity index (χ0v) is 8.00. The standard InChI is InChI=1S/C10H14S/c1-3-8-4-5-9-10(8)7(2)6-11-9/h6,8H,3-5H2,1-2H3. The first-order valence-corrected chi connectivity index (χ1v) is 5.27. The van der Waals surface area contributed by atoms with Crippen LogP contribution in [0.25, 0.3) is 0 Å². The average molecular weight is 166 g/mol. The number of fused-ring (bicyclic) bond motifs is 1. The van der Waals surface area contributed by atoms with Gasteiger partial charge in [-0.15, -0.1) is 11.3 Å². The Bertz CT molecular complexity index is 260. The Kier molecular flexibility index (Phi) is 1.76. The molecule has 0 fully saturated rings. The molecule has 1 aromatic heterocycles. The van der Waals surface area contributed by atoms with Gasteiger partial charge in [0, 0.05) is 4.88 Å². The lowest BCUT2D eigenvalue weighted by molar-refractivity contribution is 0.653. The number of aryl methyl sites for hydroxylation is 2. The second-order valence-electron chi connectivity index (χ2n) is 3.40. The molecule has 1 atom stereocenters. The molecule has 1 heterocycles. The quantitative estimate of drug-likeness (QED) is 0.599. The topological polar surface area (TPSA) is 0 Å². The first kappa shape index (κ1) is 7.35. The maximum absolute atomic E-state index is 2.31. The van der Waals surface area contributed by atoms with Crippen molar-refractivity contribution in [3.05, 3.63) is 21.4 Å². The Balaban J connectivity index is 2.42. The molecule has 60 valence electrons. The highest BCUT2D eigenvalue weighted by atomic mass is 32.1. The van der Waals surface area contributed by atoms with Gasteiger partial charge < -0.3 is 0 Å². The molecule has 2 rings (SSSR count). The van der Waals surface area contributed by atoms with Gasteiger partial charge in [0.05, 0.1) is 0 Å². The third kappa shape index (κ3) is 1.02. The predicted octanol–water partition coefficient (Wildman–Crippen LogP) is 3.50. The summed E-state index contributed by atoms with van der Waals surface area (Å²) in [7, 11) is 0. The van der Waals surface area contributed by atoms with Crippen LogP contribution in [0.15, 0.2) is 5.38 Å². The summed E-state index contributed by atoms with van der Waals surface area (Å²) in [5.41, 5.74) is 3.23. The molecule has 0 radical (unpaired) electrons. The van der Waals surface area contributed by atoms with Crippen LogP contribution >= 0.6 is 11.3 Å². The molecule has 0 saturated carbocycles. The monoisotopic (exact) mass is 166 g/mol. The van der Waals surface area contributed by atoms with Crippen LogP contribution < -0.4 is 0 Å². The minimum absolute atomic E-state index is 0.885. The van der Waals surface area contributed by atoms with Crippen molar-refractivity contribution < 1.29 is 0 Å². The zero-order chi connectivity index (χ0) is 7.84. The van der Waals surface area contributed by atoms with Gasteiger partial charge in [0.2, 0.25) is 0 Å². The second-order valence-corrected chi connectivity index (χ2v) is 4.36. The number of hydrogen-bond acceptors (Lipinski definition) is 1. The van der Waals surface area contributed by atoms with Crippen LogP contribution in [0.5, 0.6) is 0 Å². The fourth-order valence-electron chi connectivity index (χ4n) is 2.11. The summed E-state index contributed by atoms with van der Waals surface area (Å²) in [6.07, 6.45) is 4.07. The van der Waals surface area contributed by atoms with Gasteiger partial charge in [-0.25, -0.2) is 0 Å². The van der Waals surface area contributed by atoms with Crippen LogP contribution in [0.4, 0.5) is 0 Å². The summed E-state index contributed by atoms with van der Waals surface area (Å²) in [6, 6.07) is 0. The van der Waals surface area contributed by atoms with E-state index in [9.17, 15) is 0 Å². The fraction of sp³-hybridized carbons (Fsp3) is 0.600. The maximum Gasteiger partial charge on any atom is 0.00829 e. The summed E-state index contributed by atoms with van der Waals surface area (Å²) >= 11 is 1.96. The van der Waals surface area contributed by atoms with Gasteiger partial charge in [-0.3, -0.25) is 0 Å². The number of hydrogen-bond donors (Lipinski definition) is 0. The van der Waals surface area contributed by atoms with E-state index in [4.69, 9.17) is 0 Å². The van der Waals surface area contributed by atoms with Crippen molar-refractivity contribution in [2.24, 2.45) is 0 Å². The highest BCUT2D eigenvalue weighted by molar-refractivity contribution is 7.10.